The Morgan fingerprint density at radius 2 is 1.93 bits per heavy atom. The quantitative estimate of drug-likeness (QED) is 0.307. The lowest BCUT2D eigenvalue weighted by Crippen LogP contribution is -2.63. The lowest BCUT2D eigenvalue weighted by molar-refractivity contribution is -0.205. The molecule has 41 heavy (non-hydrogen) atoms. The number of piperidine rings is 1. The number of ether oxygens (including phenoxy) is 1. The number of amides is 1. The van der Waals surface area contributed by atoms with E-state index in [2.05, 4.69) is 27.4 Å². The molecule has 0 radical (unpaired) electrons. The molecule has 0 aromatic heterocycles. The van der Waals surface area contributed by atoms with Gasteiger partial charge in [-0.3, -0.25) is 14.4 Å². The van der Waals surface area contributed by atoms with Gasteiger partial charge in [-0.1, -0.05) is 47.6 Å². The molecule has 4 aliphatic rings. The van der Waals surface area contributed by atoms with Crippen LogP contribution in [-0.4, -0.2) is 70.0 Å². The zero-order valence-electron chi connectivity index (χ0n) is 25.9. The fourth-order valence-electron chi connectivity index (χ4n) is 8.65. The summed E-state index contributed by atoms with van der Waals surface area (Å²) in [6.07, 6.45) is 6.12. The molecular weight excluding hydrogens is 560 g/mol. The number of hydrogen-bond donors (Lipinski definition) is 2. The third-order valence-electron chi connectivity index (χ3n) is 11.7. The molecule has 234 valence electrons. The van der Waals surface area contributed by atoms with E-state index in [4.69, 9.17) is 10.5 Å². The Labute approximate surface area is 257 Å². The van der Waals surface area contributed by atoms with E-state index in [1.54, 1.807) is 11.8 Å². The summed E-state index contributed by atoms with van der Waals surface area (Å²) in [6.45, 7) is 17.8. The van der Waals surface area contributed by atoms with Gasteiger partial charge in [-0.05, 0) is 61.7 Å². The number of aliphatic hydroxyl groups is 1. The van der Waals surface area contributed by atoms with Crippen molar-refractivity contribution < 1.29 is 24.2 Å². The summed E-state index contributed by atoms with van der Waals surface area (Å²) < 4.78 is 6.38. The second-order valence-electron chi connectivity index (χ2n) is 14.2. The van der Waals surface area contributed by atoms with Gasteiger partial charge in [-0.2, -0.15) is 0 Å². The third-order valence-corrected chi connectivity index (χ3v) is 13.0. The maximum absolute atomic E-state index is 13.6. The first kappa shape index (κ1) is 34.4. The maximum Gasteiger partial charge on any atom is 0.316 e. The van der Waals surface area contributed by atoms with E-state index >= 15 is 0 Å². The van der Waals surface area contributed by atoms with Gasteiger partial charge in [0.25, 0.3) is 0 Å². The Morgan fingerprint density at radius 1 is 1.24 bits per heavy atom. The van der Waals surface area contributed by atoms with Crippen LogP contribution in [0.2, 0.25) is 0 Å². The molecule has 0 aromatic rings. The Balaban J connectivity index is 0.00000462. The zero-order valence-corrected chi connectivity index (χ0v) is 27.5. The number of aliphatic hydroxyl groups excluding tert-OH is 1. The normalized spacial score (nSPS) is 41.5. The monoisotopic (exact) mass is 612 g/mol. The minimum atomic E-state index is -0.671. The zero-order chi connectivity index (χ0) is 29.6. The summed E-state index contributed by atoms with van der Waals surface area (Å²) in [5, 5.41) is 11.8. The van der Waals surface area contributed by atoms with Gasteiger partial charge in [0.2, 0.25) is 5.91 Å². The standard InChI is InChI=1S/C32H52N2O5S.ClH/c1-8-30(6)16-24(31(7)20(4)11-13-32(21(5)28(30)37)14-12-23(35)27(31)32)39-25(36)18-40-22-10-9-15-34(17-22)29(38)26(33)19(2)3;/h8,19-22,24,26-28,37H,1,9-18,33H2,2-7H3;1H/t20?,21-,22-,24+,26+,27?,28?,30+,31-,32?;/m0./s1. The van der Waals surface area contributed by atoms with Crippen LogP contribution in [0.4, 0.5) is 0 Å². The van der Waals surface area contributed by atoms with E-state index in [0.717, 1.165) is 32.1 Å². The Kier molecular flexibility index (Phi) is 10.8. The second-order valence-corrected chi connectivity index (χ2v) is 15.5. The summed E-state index contributed by atoms with van der Waals surface area (Å²) in [6, 6.07) is -0.506. The van der Waals surface area contributed by atoms with Gasteiger partial charge < -0.3 is 20.5 Å². The first-order valence-electron chi connectivity index (χ1n) is 15.4. The van der Waals surface area contributed by atoms with E-state index in [9.17, 15) is 19.5 Å². The van der Waals surface area contributed by atoms with Crippen LogP contribution >= 0.6 is 24.2 Å². The van der Waals surface area contributed by atoms with Gasteiger partial charge in [0.15, 0.2) is 0 Å². The van der Waals surface area contributed by atoms with Gasteiger partial charge in [0.1, 0.15) is 11.9 Å². The molecule has 3 saturated carbocycles. The van der Waals surface area contributed by atoms with Crippen molar-refractivity contribution in [2.24, 2.45) is 45.7 Å². The molecule has 1 aliphatic heterocycles. The average Bonchev–Trinajstić information content (AvgIpc) is 3.29. The van der Waals surface area contributed by atoms with Crippen LogP contribution < -0.4 is 5.73 Å². The highest BCUT2D eigenvalue weighted by Gasteiger charge is 2.68. The third kappa shape index (κ3) is 6.01. The predicted molar refractivity (Wildman–Crippen MR) is 167 cm³/mol. The molecule has 4 unspecified atom stereocenters. The van der Waals surface area contributed by atoms with Gasteiger partial charge >= 0.3 is 5.97 Å². The highest BCUT2D eigenvalue weighted by molar-refractivity contribution is 8.00. The van der Waals surface area contributed by atoms with Crippen LogP contribution in [0.5, 0.6) is 0 Å². The van der Waals surface area contributed by atoms with Crippen molar-refractivity contribution in [3.63, 3.8) is 0 Å². The summed E-state index contributed by atoms with van der Waals surface area (Å²) in [5.74, 6) is 0.158. The van der Waals surface area contributed by atoms with Crippen molar-refractivity contribution in [2.75, 3.05) is 18.8 Å². The number of halogens is 1. The smallest absolute Gasteiger partial charge is 0.316 e. The summed E-state index contributed by atoms with van der Waals surface area (Å²) in [4.78, 5) is 41.7. The SMILES string of the molecule is C=C[C@]1(C)C[C@@H](OC(=O)CS[C@H]2CCCN(C(=O)[C@H](N)C(C)C)C2)[C@]2(C)C(C)CCC3(CCC(=O)C32)[C@@H](C)C1O.Cl. The van der Waals surface area contributed by atoms with Crippen LogP contribution in [0.1, 0.15) is 86.5 Å². The first-order chi connectivity index (χ1) is 18.7. The molecule has 0 spiro atoms. The highest BCUT2D eigenvalue weighted by atomic mass is 35.5. The molecular formula is C32H53ClN2O5S. The van der Waals surface area contributed by atoms with E-state index in [-0.39, 0.29) is 70.2 Å². The molecule has 1 saturated heterocycles. The number of thioether (sulfide) groups is 1. The highest BCUT2D eigenvalue weighted by Crippen LogP contribution is 2.68. The number of likely N-dealkylation sites (tertiary alicyclic amines) is 1. The number of rotatable bonds is 7. The number of nitrogens with zero attached hydrogens (tertiary/aromatic N) is 1. The van der Waals surface area contributed by atoms with E-state index in [1.807, 2.05) is 31.7 Å². The fraction of sp³-hybridized carbons (Fsp3) is 0.844. The number of nitrogens with two attached hydrogens (primary N) is 1. The van der Waals surface area contributed by atoms with E-state index < -0.39 is 29.1 Å². The molecule has 2 bridgehead atoms. The number of hydrogen-bond acceptors (Lipinski definition) is 7. The Bertz CT molecular complexity index is 1010. The van der Waals surface area contributed by atoms with Gasteiger partial charge in [-0.25, -0.2) is 0 Å². The average molecular weight is 613 g/mol. The first-order valence-corrected chi connectivity index (χ1v) is 16.5. The Morgan fingerprint density at radius 3 is 2.56 bits per heavy atom. The number of carbonyl (C=O) groups is 3. The molecule has 0 aromatic carbocycles. The second kappa shape index (κ2) is 12.9. The summed E-state index contributed by atoms with van der Waals surface area (Å²) in [5.41, 5.74) is 4.70. The minimum Gasteiger partial charge on any atom is -0.461 e. The van der Waals surface area contributed by atoms with Crippen molar-refractivity contribution in [3.05, 3.63) is 12.7 Å². The van der Waals surface area contributed by atoms with Crippen molar-refractivity contribution in [2.45, 2.75) is 110 Å². The van der Waals surface area contributed by atoms with Crippen LogP contribution in [-0.2, 0) is 19.1 Å². The molecule has 1 heterocycles. The molecule has 9 heteroatoms. The number of esters is 1. The minimum absolute atomic E-state index is 0. The van der Waals surface area contributed by atoms with E-state index in [1.165, 1.54) is 0 Å². The van der Waals surface area contributed by atoms with Crippen molar-refractivity contribution in [3.8, 4) is 0 Å². The summed E-state index contributed by atoms with van der Waals surface area (Å²) in [7, 11) is 0. The number of Topliss-reactive ketones (excluding diaryl/α,β-unsaturated/α-hetero) is 1. The fourth-order valence-corrected chi connectivity index (χ4v) is 9.71. The van der Waals surface area contributed by atoms with Crippen molar-refractivity contribution in [1.82, 2.24) is 4.90 Å². The number of ketones is 1. The lowest BCUT2D eigenvalue weighted by atomic mass is 9.44. The maximum atomic E-state index is 13.6. The van der Waals surface area contributed by atoms with Crippen molar-refractivity contribution >= 4 is 41.8 Å². The van der Waals surface area contributed by atoms with Gasteiger partial charge in [0.05, 0.1) is 17.9 Å². The van der Waals surface area contributed by atoms with Crippen LogP contribution in [0.15, 0.2) is 12.7 Å². The van der Waals surface area contributed by atoms with Crippen LogP contribution in [0.3, 0.4) is 0 Å². The van der Waals surface area contributed by atoms with Gasteiger partial charge in [0, 0.05) is 41.5 Å². The Hall–Kier alpha value is -1.09. The topological polar surface area (TPSA) is 110 Å². The molecule has 1 amide bonds. The number of carbonyl (C=O) groups excluding carboxylic acids is 3. The molecule has 3 aliphatic carbocycles. The summed E-state index contributed by atoms with van der Waals surface area (Å²) >= 11 is 1.55. The van der Waals surface area contributed by atoms with E-state index in [0.29, 0.717) is 25.9 Å². The van der Waals surface area contributed by atoms with Crippen LogP contribution in [0.25, 0.3) is 0 Å². The lowest BCUT2D eigenvalue weighted by Gasteiger charge is -2.61. The molecule has 3 N–H and O–H groups in total. The molecule has 10 atom stereocenters. The largest absolute Gasteiger partial charge is 0.461 e. The molecule has 7 nitrogen and oxygen atoms in total. The van der Waals surface area contributed by atoms with Crippen molar-refractivity contribution in [1.29, 1.82) is 0 Å². The predicted octanol–water partition coefficient (Wildman–Crippen LogP) is 5.02. The van der Waals surface area contributed by atoms with Gasteiger partial charge in [-0.15, -0.1) is 30.7 Å². The molecule has 4 rings (SSSR count). The molecule has 4 fully saturated rings. The van der Waals surface area contributed by atoms with Crippen LogP contribution in [0, 0.1) is 39.9 Å².